The summed E-state index contributed by atoms with van der Waals surface area (Å²) in [4.78, 5) is 53.9. The van der Waals surface area contributed by atoms with E-state index in [2.05, 4.69) is 20.9 Å². The third-order valence-electron chi connectivity index (χ3n) is 6.00. The molecule has 2 heterocycles. The Labute approximate surface area is 181 Å². The number of rotatable bonds is 4. The standard InChI is InChI=1S/C21H22FN5O5/c1-23-17(30)18(31)26-21-7-6-12(8-21)10-27-19(32)15(28)14(25-20(21)27)16(29)24-9-11-2-4-13(22)5-3-11/h2-5,12,28H,6-10H2,1H3,(H,23,30)(H,24,29)(H,26,31)/t12-,21-/m1/s1. The molecule has 0 spiro atoms. The van der Waals surface area contributed by atoms with E-state index in [4.69, 9.17) is 0 Å². The lowest BCUT2D eigenvalue weighted by atomic mass is 9.90. The first-order chi connectivity index (χ1) is 15.2. The van der Waals surface area contributed by atoms with Gasteiger partial charge in [-0.1, -0.05) is 12.1 Å². The van der Waals surface area contributed by atoms with Gasteiger partial charge in [0.25, 0.3) is 11.5 Å². The first-order valence-corrected chi connectivity index (χ1v) is 10.2. The first kappa shape index (κ1) is 21.5. The molecular formula is C21H22FN5O5. The Morgan fingerprint density at radius 3 is 2.66 bits per heavy atom. The molecule has 0 unspecified atom stereocenters. The van der Waals surface area contributed by atoms with Gasteiger partial charge in [-0.3, -0.25) is 23.7 Å². The number of halogens is 1. The highest BCUT2D eigenvalue weighted by Gasteiger charge is 2.50. The topological polar surface area (TPSA) is 142 Å². The molecule has 4 N–H and O–H groups in total. The number of amides is 3. The van der Waals surface area contributed by atoms with Gasteiger partial charge in [0, 0.05) is 20.1 Å². The fourth-order valence-electron chi connectivity index (χ4n) is 4.43. The van der Waals surface area contributed by atoms with Gasteiger partial charge in [-0.25, -0.2) is 9.37 Å². The number of likely N-dealkylation sites (N-methyl/N-ethyl adjacent to an activating group) is 1. The number of aromatic nitrogens is 2. The zero-order valence-electron chi connectivity index (χ0n) is 17.3. The van der Waals surface area contributed by atoms with Crippen LogP contribution in [0.2, 0.25) is 0 Å². The van der Waals surface area contributed by atoms with Crippen LogP contribution >= 0.6 is 0 Å². The average molecular weight is 443 g/mol. The zero-order valence-corrected chi connectivity index (χ0v) is 17.3. The minimum absolute atomic E-state index is 0.0271. The van der Waals surface area contributed by atoms with E-state index in [1.165, 1.54) is 35.9 Å². The molecule has 1 fully saturated rings. The molecule has 1 aliphatic heterocycles. The van der Waals surface area contributed by atoms with E-state index in [0.717, 1.165) is 0 Å². The van der Waals surface area contributed by atoms with Gasteiger partial charge in [-0.15, -0.1) is 0 Å². The Morgan fingerprint density at radius 1 is 1.25 bits per heavy atom. The van der Waals surface area contributed by atoms with Crippen molar-refractivity contribution in [2.45, 2.75) is 37.9 Å². The third-order valence-corrected chi connectivity index (χ3v) is 6.00. The van der Waals surface area contributed by atoms with Gasteiger partial charge < -0.3 is 21.1 Å². The summed E-state index contributed by atoms with van der Waals surface area (Å²) in [6.45, 7) is 0.322. The summed E-state index contributed by atoms with van der Waals surface area (Å²) in [6.07, 6.45) is 1.58. The quantitative estimate of drug-likeness (QED) is 0.486. The van der Waals surface area contributed by atoms with Gasteiger partial charge in [0.2, 0.25) is 5.75 Å². The van der Waals surface area contributed by atoms with E-state index in [9.17, 15) is 28.7 Å². The second-order valence-corrected chi connectivity index (χ2v) is 8.08. The average Bonchev–Trinajstić information content (AvgIpc) is 3.12. The van der Waals surface area contributed by atoms with Gasteiger partial charge in [0.1, 0.15) is 11.6 Å². The molecule has 4 rings (SSSR count). The maximum absolute atomic E-state index is 13.1. The van der Waals surface area contributed by atoms with Crippen molar-refractivity contribution in [2.24, 2.45) is 5.92 Å². The number of hydrogen-bond donors (Lipinski definition) is 4. The largest absolute Gasteiger partial charge is 0.501 e. The lowest BCUT2D eigenvalue weighted by molar-refractivity contribution is -0.140. The Balaban J connectivity index is 1.67. The molecule has 168 valence electrons. The molecule has 1 saturated carbocycles. The Kier molecular flexibility index (Phi) is 5.41. The molecular weight excluding hydrogens is 421 g/mol. The van der Waals surface area contributed by atoms with E-state index in [0.29, 0.717) is 31.4 Å². The normalized spacial score (nSPS) is 20.9. The van der Waals surface area contributed by atoms with Crippen molar-refractivity contribution >= 4 is 17.7 Å². The molecule has 2 bridgehead atoms. The number of aromatic hydroxyl groups is 1. The molecule has 32 heavy (non-hydrogen) atoms. The molecule has 2 atom stereocenters. The number of fused-ring (bicyclic) bond motifs is 4. The minimum Gasteiger partial charge on any atom is -0.501 e. The summed E-state index contributed by atoms with van der Waals surface area (Å²) in [6, 6.07) is 5.48. The van der Waals surface area contributed by atoms with Crippen LogP contribution in [0.4, 0.5) is 4.39 Å². The second-order valence-electron chi connectivity index (χ2n) is 8.08. The molecule has 2 aliphatic rings. The molecule has 1 aromatic heterocycles. The fourth-order valence-corrected chi connectivity index (χ4v) is 4.43. The van der Waals surface area contributed by atoms with Crippen LogP contribution in [0.15, 0.2) is 29.1 Å². The summed E-state index contributed by atoms with van der Waals surface area (Å²) >= 11 is 0. The van der Waals surface area contributed by atoms with Gasteiger partial charge in [-0.2, -0.15) is 0 Å². The van der Waals surface area contributed by atoms with Crippen LogP contribution in [0.25, 0.3) is 0 Å². The molecule has 2 aromatic rings. The first-order valence-electron chi connectivity index (χ1n) is 10.2. The van der Waals surface area contributed by atoms with Crippen molar-refractivity contribution in [1.82, 2.24) is 25.5 Å². The maximum atomic E-state index is 13.1. The van der Waals surface area contributed by atoms with Crippen molar-refractivity contribution in [2.75, 3.05) is 7.05 Å². The Morgan fingerprint density at radius 2 is 1.97 bits per heavy atom. The highest BCUT2D eigenvalue weighted by atomic mass is 19.1. The molecule has 3 amide bonds. The van der Waals surface area contributed by atoms with Crippen LogP contribution < -0.4 is 21.5 Å². The van der Waals surface area contributed by atoms with Crippen LogP contribution in [0.1, 0.15) is 41.1 Å². The van der Waals surface area contributed by atoms with Gasteiger partial charge in [0.05, 0.1) is 5.54 Å². The summed E-state index contributed by atoms with van der Waals surface area (Å²) in [5.41, 5.74) is -1.73. The van der Waals surface area contributed by atoms with E-state index < -0.39 is 46.1 Å². The highest BCUT2D eigenvalue weighted by Crippen LogP contribution is 2.45. The molecule has 1 aromatic carbocycles. The highest BCUT2D eigenvalue weighted by molar-refractivity contribution is 6.35. The number of nitrogens with zero attached hydrogens (tertiary/aromatic N) is 2. The summed E-state index contributed by atoms with van der Waals surface area (Å²) in [5.74, 6) is -3.51. The monoisotopic (exact) mass is 443 g/mol. The second kappa shape index (κ2) is 8.06. The summed E-state index contributed by atoms with van der Waals surface area (Å²) in [7, 11) is 1.33. The maximum Gasteiger partial charge on any atom is 0.310 e. The van der Waals surface area contributed by atoms with Crippen LogP contribution in [0.5, 0.6) is 5.75 Å². The fraction of sp³-hybridized carbons (Fsp3) is 0.381. The molecule has 11 heteroatoms. The minimum atomic E-state index is -1.09. The van der Waals surface area contributed by atoms with Gasteiger partial charge in [0.15, 0.2) is 5.69 Å². The number of carbonyl (C=O) groups is 3. The van der Waals surface area contributed by atoms with Crippen molar-refractivity contribution in [1.29, 1.82) is 0 Å². The van der Waals surface area contributed by atoms with Crippen LogP contribution in [-0.2, 0) is 28.2 Å². The molecule has 1 aliphatic carbocycles. The van der Waals surface area contributed by atoms with Crippen molar-refractivity contribution < 1.29 is 23.9 Å². The van der Waals surface area contributed by atoms with E-state index in [1.54, 1.807) is 0 Å². The molecule has 0 saturated heterocycles. The van der Waals surface area contributed by atoms with E-state index in [1.807, 2.05) is 0 Å². The van der Waals surface area contributed by atoms with Crippen molar-refractivity contribution in [3.05, 3.63) is 57.5 Å². The van der Waals surface area contributed by atoms with Crippen LogP contribution in [0, 0.1) is 11.7 Å². The Bertz CT molecular complexity index is 1160. The SMILES string of the molecule is CNC(=O)C(=O)N[C@@]12CC[C@@H](Cn3c1nc(C(=O)NCc1ccc(F)cc1)c(O)c3=O)C2. The molecule has 10 nitrogen and oxygen atoms in total. The number of benzene rings is 1. The number of nitrogens with one attached hydrogen (secondary N) is 3. The van der Waals surface area contributed by atoms with Crippen molar-refractivity contribution in [3.63, 3.8) is 0 Å². The lowest BCUT2D eigenvalue weighted by Crippen LogP contribution is -2.54. The number of carbonyl (C=O) groups excluding carboxylic acids is 3. The summed E-state index contributed by atoms with van der Waals surface area (Å²) < 4.78 is 14.3. The number of hydrogen-bond acceptors (Lipinski definition) is 6. The van der Waals surface area contributed by atoms with Crippen LogP contribution in [0.3, 0.4) is 0 Å². The van der Waals surface area contributed by atoms with Crippen molar-refractivity contribution in [3.8, 4) is 5.75 Å². The smallest absolute Gasteiger partial charge is 0.310 e. The van der Waals surface area contributed by atoms with E-state index in [-0.39, 0.29) is 18.3 Å². The molecule has 0 radical (unpaired) electrons. The Hall–Kier alpha value is -3.76. The van der Waals surface area contributed by atoms with E-state index >= 15 is 0 Å². The third kappa shape index (κ3) is 3.70. The van der Waals surface area contributed by atoms with Gasteiger partial charge in [-0.05, 0) is 42.9 Å². The summed E-state index contributed by atoms with van der Waals surface area (Å²) in [5, 5.41) is 17.9. The predicted octanol–water partition coefficient (Wildman–Crippen LogP) is -0.111. The lowest BCUT2D eigenvalue weighted by Gasteiger charge is -2.35. The van der Waals surface area contributed by atoms with Crippen LogP contribution in [-0.4, -0.2) is 39.4 Å². The zero-order chi connectivity index (χ0) is 23.0. The van der Waals surface area contributed by atoms with Gasteiger partial charge >= 0.3 is 11.8 Å². The predicted molar refractivity (Wildman–Crippen MR) is 109 cm³/mol.